The molecular weight excluding hydrogens is 1270 g/mol. The standard InChI is InChI=1S/C63H100O32/c1-23-45(90-50-40(76)34(70)27(67)20-84-50)47(92-51-41(77)35(71)28(68)21-85-51)44(80)53(87-23)93-48-36(72)29(69)22-86-55(48)95-57(83)63-14-12-58(2,3)16-25(63)24-8-9-32-59(4)17-26(66)49(62(7,56(81)82)33(59)10-11-61(32,6)60(24,5)13-15-63)94-54-43(79)46(38(74)31(19-65)89-54)91-52-42(78)39(75)37(73)30(18-64)88-52/h8,23,25-55,64-80H,9-22H2,1-7H3,(H,81,82)/t23-,25-,26-,27+,28-,29-,30+,31+,32+,33+,34-,35-,36-,37+,38+,39-,40+,41+,42+,43+,44+,45-,46-,47-,48+,49-,50-,51-,52-,53-,54-,55-,59+,60+,61+,62-,63-/m0/s1. The third kappa shape index (κ3) is 12.5. The zero-order chi connectivity index (χ0) is 69.3. The van der Waals surface area contributed by atoms with E-state index in [4.69, 9.17) is 56.8 Å². The first-order valence-electron chi connectivity index (χ1n) is 33.2. The first-order valence-corrected chi connectivity index (χ1v) is 33.2. The van der Waals surface area contributed by atoms with E-state index in [1.54, 1.807) is 0 Å². The molecule has 37 atom stereocenters. The highest BCUT2D eigenvalue weighted by Gasteiger charge is 2.73. The van der Waals surface area contributed by atoms with Crippen LogP contribution in [0.2, 0.25) is 0 Å². The summed E-state index contributed by atoms with van der Waals surface area (Å²) >= 11 is 0. The molecule has 0 unspecified atom stereocenters. The van der Waals surface area contributed by atoms with Gasteiger partial charge in [-0.05, 0) is 111 Å². The first kappa shape index (κ1) is 73.8. The van der Waals surface area contributed by atoms with E-state index in [1.807, 2.05) is 6.92 Å². The molecule has 0 aromatic rings. The Kier molecular flexibility index (Phi) is 21.3. The fourth-order valence-corrected chi connectivity index (χ4v) is 18.7. The highest BCUT2D eigenvalue weighted by molar-refractivity contribution is 5.79. The van der Waals surface area contributed by atoms with E-state index in [1.165, 1.54) is 13.8 Å². The van der Waals surface area contributed by atoms with Crippen molar-refractivity contribution in [1.82, 2.24) is 0 Å². The lowest BCUT2D eigenvalue weighted by Crippen LogP contribution is -2.70. The van der Waals surface area contributed by atoms with Gasteiger partial charge in [-0.25, -0.2) is 0 Å². The van der Waals surface area contributed by atoms with Gasteiger partial charge in [0.05, 0.1) is 56.1 Å². The third-order valence-corrected chi connectivity index (χ3v) is 24.5. The molecule has 18 N–H and O–H groups in total. The molecular formula is C63H100O32. The van der Waals surface area contributed by atoms with Crippen LogP contribution in [0.5, 0.6) is 0 Å². The summed E-state index contributed by atoms with van der Waals surface area (Å²) in [5.74, 6) is -3.42. The molecule has 0 spiro atoms. The molecule has 0 radical (unpaired) electrons. The molecule has 32 nitrogen and oxygen atoms in total. The van der Waals surface area contributed by atoms with E-state index in [2.05, 4.69) is 33.8 Å². The maximum absolute atomic E-state index is 15.6. The lowest BCUT2D eigenvalue weighted by atomic mass is 9.33. The van der Waals surface area contributed by atoms with Gasteiger partial charge in [0.25, 0.3) is 0 Å². The van der Waals surface area contributed by atoms with Gasteiger partial charge in [0.2, 0.25) is 6.29 Å². The van der Waals surface area contributed by atoms with Crippen LogP contribution < -0.4 is 0 Å². The molecule has 6 saturated heterocycles. The number of ether oxygens (including phenoxy) is 12. The quantitative estimate of drug-likeness (QED) is 0.0413. The van der Waals surface area contributed by atoms with Crippen LogP contribution in [0.1, 0.15) is 106 Å². The predicted octanol–water partition coefficient (Wildman–Crippen LogP) is -5.41. The van der Waals surface area contributed by atoms with Gasteiger partial charge in [0, 0.05) is 0 Å². The number of carboxylic acids is 1. The molecule has 0 amide bonds. The van der Waals surface area contributed by atoms with Crippen LogP contribution in [-0.2, 0) is 66.4 Å². The van der Waals surface area contributed by atoms with Crippen LogP contribution in [0.25, 0.3) is 0 Å². The maximum atomic E-state index is 15.6. The molecule has 11 rings (SSSR count). The molecule has 32 heteroatoms. The maximum Gasteiger partial charge on any atom is 0.315 e. The SMILES string of the molecule is C[C@@H]1O[C@@H](O[C@H]2[C@H](OC(=O)[C@]34CCC(C)(C)C[C@H]3C3=CC[C@@H]5[C@@]6(C)C[C@H](O)[C@H](O[C@@H]7O[C@H](CO)[C@@H](O)[C@H](O[C@@H]8O[C@H](CO)[C@@H](O)[C@H](O)[C@H]8O)[C@H]7O)[C@@](C)(C(=O)O)[C@@H]6CC[C@@]5(C)[C@]3(C)CC4)OC[C@H](O)[C@@H]2O)[C@H](O)[C@H](O[C@@H]2OC[C@H](O)[C@H](O)[C@H]2O)[C@H]1O[C@@H]1OC[C@@H](O)[C@H](O)[C@H]1O. The minimum atomic E-state index is -2.01. The molecule has 544 valence electrons. The van der Waals surface area contributed by atoms with Gasteiger partial charge < -0.3 is 149 Å². The summed E-state index contributed by atoms with van der Waals surface area (Å²) < 4.78 is 71.4. The molecule has 6 heterocycles. The second-order valence-corrected chi connectivity index (χ2v) is 30.5. The van der Waals surface area contributed by atoms with Gasteiger partial charge in [-0.1, -0.05) is 46.3 Å². The Morgan fingerprint density at radius 2 is 1.00 bits per heavy atom. The van der Waals surface area contributed by atoms with Crippen LogP contribution >= 0.6 is 0 Å². The molecule has 0 aromatic heterocycles. The summed E-state index contributed by atoms with van der Waals surface area (Å²) in [6.45, 7) is 10.3. The number of fused-ring (bicyclic) bond motifs is 7. The molecule has 10 fully saturated rings. The largest absolute Gasteiger partial charge is 0.481 e. The lowest BCUT2D eigenvalue weighted by molar-refractivity contribution is -0.388. The van der Waals surface area contributed by atoms with Crippen LogP contribution in [0.15, 0.2) is 11.6 Å². The molecule has 11 aliphatic rings. The zero-order valence-electron chi connectivity index (χ0n) is 54.2. The van der Waals surface area contributed by atoms with Gasteiger partial charge >= 0.3 is 11.9 Å². The topological polar surface area (TPSA) is 509 Å². The number of hydrogen-bond donors (Lipinski definition) is 18. The average molecular weight is 1370 g/mol. The fraction of sp³-hybridized carbons (Fsp3) is 0.937. The van der Waals surface area contributed by atoms with Crippen LogP contribution in [-0.4, -0.2) is 315 Å². The Balaban J connectivity index is 0.834. The summed E-state index contributed by atoms with van der Waals surface area (Å²) in [5, 5.41) is 197. The lowest BCUT2D eigenvalue weighted by Gasteiger charge is -2.71. The molecule has 0 bridgehead atoms. The monoisotopic (exact) mass is 1370 g/mol. The van der Waals surface area contributed by atoms with Crippen molar-refractivity contribution in [3.05, 3.63) is 11.6 Å². The van der Waals surface area contributed by atoms with Crippen molar-refractivity contribution in [2.45, 2.75) is 284 Å². The first-order chi connectivity index (χ1) is 44.5. The molecule has 4 saturated carbocycles. The van der Waals surface area contributed by atoms with Crippen LogP contribution in [0.4, 0.5) is 0 Å². The number of rotatable bonds is 15. The third-order valence-electron chi connectivity index (χ3n) is 24.5. The van der Waals surface area contributed by atoms with E-state index >= 15 is 4.79 Å². The number of esters is 1. The van der Waals surface area contributed by atoms with E-state index in [0.717, 1.165) is 5.57 Å². The van der Waals surface area contributed by atoms with Crippen LogP contribution in [0.3, 0.4) is 0 Å². The Morgan fingerprint density at radius 1 is 0.495 bits per heavy atom. The van der Waals surface area contributed by atoms with E-state index in [9.17, 15) is 96.7 Å². The molecule has 0 aromatic carbocycles. The van der Waals surface area contributed by atoms with Crippen molar-refractivity contribution in [3.63, 3.8) is 0 Å². The molecule has 95 heavy (non-hydrogen) atoms. The van der Waals surface area contributed by atoms with Gasteiger partial charge in [-0.15, -0.1) is 0 Å². The summed E-state index contributed by atoms with van der Waals surface area (Å²) in [4.78, 5) is 29.7. The Bertz CT molecular complexity index is 2730. The van der Waals surface area contributed by atoms with Crippen LogP contribution in [0, 0.1) is 50.2 Å². The summed E-state index contributed by atoms with van der Waals surface area (Å²) in [6.07, 6.45) is -44.3. The normalized spacial score (nSPS) is 54.8. The minimum absolute atomic E-state index is 0.00962. The van der Waals surface area contributed by atoms with Crippen molar-refractivity contribution in [2.24, 2.45) is 50.2 Å². The predicted molar refractivity (Wildman–Crippen MR) is 312 cm³/mol. The van der Waals surface area contributed by atoms with Crippen molar-refractivity contribution in [3.8, 4) is 0 Å². The smallest absolute Gasteiger partial charge is 0.315 e. The highest BCUT2D eigenvalue weighted by atomic mass is 16.8. The van der Waals surface area contributed by atoms with Gasteiger partial charge in [0.15, 0.2) is 37.6 Å². The number of carbonyl (C=O) groups excluding carboxylic acids is 1. The number of carbonyl (C=O) groups is 2. The summed E-state index contributed by atoms with van der Waals surface area (Å²) in [7, 11) is 0. The molecule has 5 aliphatic carbocycles. The summed E-state index contributed by atoms with van der Waals surface area (Å²) in [5.41, 5.74) is -4.53. The Morgan fingerprint density at radius 3 is 1.60 bits per heavy atom. The highest BCUT2D eigenvalue weighted by Crippen LogP contribution is 2.76. The van der Waals surface area contributed by atoms with Gasteiger partial charge in [0.1, 0.15) is 122 Å². The number of allylic oxidation sites excluding steroid dienone is 2. The number of aliphatic hydroxyl groups excluding tert-OH is 17. The second kappa shape index (κ2) is 27.4. The fourth-order valence-electron chi connectivity index (χ4n) is 18.7. The number of hydrogen-bond acceptors (Lipinski definition) is 31. The number of carboxylic acid groups (broad SMARTS) is 1. The van der Waals surface area contributed by atoms with Crippen molar-refractivity contribution in [2.75, 3.05) is 33.0 Å². The number of aliphatic hydroxyl groups is 17. The van der Waals surface area contributed by atoms with Gasteiger partial charge in [-0.2, -0.15) is 0 Å². The Hall–Kier alpha value is -2.44. The van der Waals surface area contributed by atoms with E-state index in [-0.39, 0.29) is 17.8 Å². The van der Waals surface area contributed by atoms with Crippen molar-refractivity contribution < 1.29 is 158 Å². The van der Waals surface area contributed by atoms with E-state index in [0.29, 0.717) is 51.4 Å². The van der Waals surface area contributed by atoms with E-state index < -0.39 is 262 Å². The zero-order valence-corrected chi connectivity index (χ0v) is 54.2. The summed E-state index contributed by atoms with van der Waals surface area (Å²) in [6, 6.07) is 0. The molecule has 6 aliphatic heterocycles. The average Bonchev–Trinajstić information content (AvgIpc) is 0.673. The van der Waals surface area contributed by atoms with Gasteiger partial charge in [-0.3, -0.25) is 9.59 Å². The minimum Gasteiger partial charge on any atom is -0.481 e. The van der Waals surface area contributed by atoms with Crippen molar-refractivity contribution in [1.29, 1.82) is 0 Å². The van der Waals surface area contributed by atoms with Crippen molar-refractivity contribution >= 4 is 11.9 Å². The Labute approximate surface area is 548 Å². The number of aliphatic carboxylic acids is 1. The second-order valence-electron chi connectivity index (χ2n) is 30.5.